The van der Waals surface area contributed by atoms with Gasteiger partial charge in [-0.2, -0.15) is 4.31 Å². The second-order valence-corrected chi connectivity index (χ2v) is 8.44. The number of hydrogen-bond acceptors (Lipinski definition) is 3. The molecule has 1 saturated heterocycles. The number of rotatable bonds is 4. The Morgan fingerprint density at radius 2 is 1.64 bits per heavy atom. The second kappa shape index (κ2) is 6.16. The summed E-state index contributed by atoms with van der Waals surface area (Å²) in [6.07, 6.45) is 0.698. The van der Waals surface area contributed by atoms with Gasteiger partial charge >= 0.3 is 5.69 Å². The average Bonchev–Trinajstić information content (AvgIpc) is 3.09. The predicted octanol–water partition coefficient (Wildman–Crippen LogP) is 1.91. The molecule has 1 aromatic heterocycles. The van der Waals surface area contributed by atoms with Gasteiger partial charge in [0.25, 0.3) is 0 Å². The molecule has 0 bridgehead atoms. The van der Waals surface area contributed by atoms with Gasteiger partial charge in [0.05, 0.1) is 23.3 Å². The molecule has 3 aromatic rings. The highest BCUT2D eigenvalue weighted by Gasteiger charge is 2.27. The number of nitrogens with one attached hydrogen (secondary N) is 1. The van der Waals surface area contributed by atoms with Gasteiger partial charge in [0.1, 0.15) is 0 Å². The van der Waals surface area contributed by atoms with Crippen LogP contribution >= 0.6 is 0 Å². The number of nitrogens with zero attached hydrogens (tertiary/aromatic N) is 2. The first kappa shape index (κ1) is 16.1. The van der Waals surface area contributed by atoms with Crippen molar-refractivity contribution in [2.45, 2.75) is 19.5 Å². The Morgan fingerprint density at radius 3 is 2.32 bits per heavy atom. The number of H-pyrrole nitrogens is 1. The molecule has 1 aliphatic heterocycles. The zero-order valence-corrected chi connectivity index (χ0v) is 14.5. The van der Waals surface area contributed by atoms with Crippen LogP contribution in [0.3, 0.4) is 0 Å². The molecular formula is C18H19N3O3S. The molecule has 0 aliphatic carbocycles. The normalized spacial score (nSPS) is 17.3. The van der Waals surface area contributed by atoms with Crippen molar-refractivity contribution < 1.29 is 8.42 Å². The van der Waals surface area contributed by atoms with E-state index in [0.717, 1.165) is 22.2 Å². The number of sulfonamides is 1. The first-order valence-corrected chi connectivity index (χ1v) is 9.87. The Kier molecular flexibility index (Phi) is 3.97. The van der Waals surface area contributed by atoms with Gasteiger partial charge in [-0.25, -0.2) is 13.2 Å². The van der Waals surface area contributed by atoms with Gasteiger partial charge in [-0.1, -0.05) is 36.4 Å². The van der Waals surface area contributed by atoms with Crippen LogP contribution in [0.2, 0.25) is 0 Å². The average molecular weight is 357 g/mol. The molecule has 1 N–H and O–H groups in total. The molecule has 0 unspecified atom stereocenters. The molecule has 0 amide bonds. The third-order valence-corrected chi connectivity index (χ3v) is 6.51. The van der Waals surface area contributed by atoms with Crippen molar-refractivity contribution in [1.29, 1.82) is 0 Å². The Bertz CT molecular complexity index is 1060. The third kappa shape index (κ3) is 3.12. The predicted molar refractivity (Wildman–Crippen MR) is 96.9 cm³/mol. The fourth-order valence-corrected chi connectivity index (χ4v) is 4.77. The Hall–Kier alpha value is -2.38. The maximum atomic E-state index is 12.1. The summed E-state index contributed by atoms with van der Waals surface area (Å²) in [5.41, 5.74) is 3.52. The molecule has 130 valence electrons. The number of hydrogen-bond donors (Lipinski definition) is 1. The van der Waals surface area contributed by atoms with Crippen LogP contribution in [0.15, 0.2) is 53.3 Å². The number of para-hydroxylation sites is 2. The van der Waals surface area contributed by atoms with E-state index >= 15 is 0 Å². The highest BCUT2D eigenvalue weighted by molar-refractivity contribution is 7.89. The molecule has 25 heavy (non-hydrogen) atoms. The second-order valence-electron chi connectivity index (χ2n) is 6.35. The van der Waals surface area contributed by atoms with E-state index in [-0.39, 0.29) is 11.4 Å². The van der Waals surface area contributed by atoms with Crippen LogP contribution in [0.25, 0.3) is 11.0 Å². The van der Waals surface area contributed by atoms with Crippen molar-refractivity contribution in [2.24, 2.45) is 0 Å². The highest BCUT2D eigenvalue weighted by Crippen LogP contribution is 2.18. The summed E-state index contributed by atoms with van der Waals surface area (Å²) in [7, 11) is -3.08. The van der Waals surface area contributed by atoms with E-state index in [2.05, 4.69) is 4.98 Å². The lowest BCUT2D eigenvalue weighted by molar-refractivity contribution is 0.439. The zero-order chi connectivity index (χ0) is 17.4. The van der Waals surface area contributed by atoms with Crippen molar-refractivity contribution >= 4 is 21.1 Å². The number of aromatic nitrogens is 2. The summed E-state index contributed by atoms with van der Waals surface area (Å²) in [5.74, 6) is 0.245. The molecular weight excluding hydrogens is 338 g/mol. The van der Waals surface area contributed by atoms with E-state index in [9.17, 15) is 13.2 Å². The maximum absolute atomic E-state index is 12.1. The number of imidazole rings is 1. The van der Waals surface area contributed by atoms with Crippen molar-refractivity contribution in [2.75, 3.05) is 12.3 Å². The number of fused-ring (bicyclic) bond motifs is 1. The lowest BCUT2D eigenvalue weighted by Crippen LogP contribution is -2.25. The topological polar surface area (TPSA) is 75.2 Å². The molecule has 6 nitrogen and oxygen atoms in total. The van der Waals surface area contributed by atoms with Crippen molar-refractivity contribution in [3.63, 3.8) is 0 Å². The standard InChI is InChI=1S/C18H19N3O3S/c22-18-19-16-4-1-2-5-17(16)21(18)13-15-8-6-14(7-9-15)12-20-10-3-11-25(20,23)24/h1-2,4-9H,3,10-13H2,(H,19,22). The fourth-order valence-electron chi connectivity index (χ4n) is 3.27. The van der Waals surface area contributed by atoms with Gasteiger partial charge in [0.15, 0.2) is 0 Å². The first-order valence-electron chi connectivity index (χ1n) is 8.26. The molecule has 0 saturated carbocycles. The van der Waals surface area contributed by atoms with Crippen LogP contribution in [-0.4, -0.2) is 34.6 Å². The van der Waals surface area contributed by atoms with Crippen LogP contribution in [0, 0.1) is 0 Å². The molecule has 2 aromatic carbocycles. The maximum Gasteiger partial charge on any atom is 0.326 e. The van der Waals surface area contributed by atoms with Crippen LogP contribution < -0.4 is 5.69 Å². The minimum absolute atomic E-state index is 0.131. The lowest BCUT2D eigenvalue weighted by Gasteiger charge is -2.14. The van der Waals surface area contributed by atoms with Gasteiger partial charge in [-0.15, -0.1) is 0 Å². The van der Waals surface area contributed by atoms with Gasteiger partial charge in [0, 0.05) is 13.1 Å². The van der Waals surface area contributed by atoms with Gasteiger partial charge in [-0.05, 0) is 29.7 Å². The van der Waals surface area contributed by atoms with E-state index in [1.54, 1.807) is 4.57 Å². The third-order valence-electron chi connectivity index (χ3n) is 4.61. The van der Waals surface area contributed by atoms with E-state index in [1.165, 1.54) is 4.31 Å². The first-order chi connectivity index (χ1) is 12.0. The SMILES string of the molecule is O=c1[nH]c2ccccc2n1Cc1ccc(CN2CCCS2(=O)=O)cc1. The summed E-state index contributed by atoms with van der Waals surface area (Å²) in [6.45, 7) is 1.48. The number of benzene rings is 2. The van der Waals surface area contributed by atoms with E-state index in [4.69, 9.17) is 0 Å². The Morgan fingerprint density at radius 1 is 0.960 bits per heavy atom. The monoisotopic (exact) mass is 357 g/mol. The summed E-state index contributed by atoms with van der Waals surface area (Å²) < 4.78 is 27.0. The van der Waals surface area contributed by atoms with Crippen LogP contribution in [-0.2, 0) is 23.1 Å². The minimum atomic E-state index is -3.08. The molecule has 1 aliphatic rings. The van der Waals surface area contributed by atoms with Gasteiger partial charge < -0.3 is 4.98 Å². The Labute approximate surface area is 145 Å². The van der Waals surface area contributed by atoms with Crippen LogP contribution in [0.1, 0.15) is 17.5 Å². The van der Waals surface area contributed by atoms with Crippen molar-refractivity contribution in [3.8, 4) is 0 Å². The van der Waals surface area contributed by atoms with Crippen LogP contribution in [0.5, 0.6) is 0 Å². The van der Waals surface area contributed by atoms with Crippen molar-refractivity contribution in [1.82, 2.24) is 13.9 Å². The highest BCUT2D eigenvalue weighted by atomic mass is 32.2. The molecule has 1 fully saturated rings. The van der Waals surface area contributed by atoms with Crippen molar-refractivity contribution in [3.05, 3.63) is 70.1 Å². The van der Waals surface area contributed by atoms with Gasteiger partial charge in [-0.3, -0.25) is 4.57 Å². The largest absolute Gasteiger partial charge is 0.326 e. The molecule has 4 rings (SSSR count). The van der Waals surface area contributed by atoms with E-state index in [1.807, 2.05) is 48.5 Å². The summed E-state index contributed by atoms with van der Waals surface area (Å²) >= 11 is 0. The van der Waals surface area contributed by atoms with Gasteiger partial charge in [0.2, 0.25) is 10.0 Å². The number of aromatic amines is 1. The van der Waals surface area contributed by atoms with E-state index < -0.39 is 10.0 Å². The smallest absolute Gasteiger partial charge is 0.306 e. The fraction of sp³-hybridized carbons (Fsp3) is 0.278. The summed E-state index contributed by atoms with van der Waals surface area (Å²) in [4.78, 5) is 15.0. The molecule has 0 atom stereocenters. The minimum Gasteiger partial charge on any atom is -0.306 e. The zero-order valence-electron chi connectivity index (χ0n) is 13.7. The van der Waals surface area contributed by atoms with E-state index in [0.29, 0.717) is 26.1 Å². The summed E-state index contributed by atoms with van der Waals surface area (Å²) in [6, 6.07) is 15.4. The summed E-state index contributed by atoms with van der Waals surface area (Å²) in [5, 5.41) is 0. The quantitative estimate of drug-likeness (QED) is 0.775. The Balaban J connectivity index is 1.54. The lowest BCUT2D eigenvalue weighted by atomic mass is 10.1. The molecule has 0 radical (unpaired) electrons. The molecule has 2 heterocycles. The van der Waals surface area contributed by atoms with Crippen LogP contribution in [0.4, 0.5) is 0 Å². The molecule has 7 heteroatoms. The molecule has 0 spiro atoms.